The van der Waals surface area contributed by atoms with Crippen molar-refractivity contribution in [3.05, 3.63) is 34.3 Å². The highest BCUT2D eigenvalue weighted by Crippen LogP contribution is 2.41. The van der Waals surface area contributed by atoms with Gasteiger partial charge in [0.25, 0.3) is 11.6 Å². The van der Waals surface area contributed by atoms with Crippen LogP contribution in [-0.4, -0.2) is 33.6 Å². The molecule has 0 aromatic heterocycles. The molecule has 1 N–H and O–H groups in total. The van der Waals surface area contributed by atoms with Gasteiger partial charge in [-0.05, 0) is 17.7 Å². The van der Waals surface area contributed by atoms with Gasteiger partial charge in [0, 0.05) is 4.47 Å². The summed E-state index contributed by atoms with van der Waals surface area (Å²) in [5.41, 5.74) is -3.18. The first-order chi connectivity index (χ1) is 10.2. The first-order valence-electron chi connectivity index (χ1n) is 6.01. The normalized spacial score (nSPS) is 21.5. The average molecular weight is 376 g/mol. The minimum atomic E-state index is -5.10. The molecule has 0 unspecified atom stereocenters. The molecular weight excluding hydrogens is 367 g/mol. The van der Waals surface area contributed by atoms with Crippen LogP contribution in [0.4, 0.5) is 13.2 Å². The highest BCUT2D eigenvalue weighted by Gasteiger charge is 2.63. The van der Waals surface area contributed by atoms with Crippen LogP contribution >= 0.6 is 15.9 Å². The molecule has 0 saturated heterocycles. The zero-order valence-corrected chi connectivity index (χ0v) is 12.5. The van der Waals surface area contributed by atoms with E-state index < -0.39 is 30.7 Å². The summed E-state index contributed by atoms with van der Waals surface area (Å²) in [5, 5.41) is 21.9. The van der Waals surface area contributed by atoms with Crippen molar-refractivity contribution in [1.82, 2.24) is 5.01 Å². The highest BCUT2D eigenvalue weighted by atomic mass is 79.9. The molecule has 1 atom stereocenters. The van der Waals surface area contributed by atoms with Gasteiger partial charge < -0.3 is 5.11 Å². The maximum absolute atomic E-state index is 13.1. The van der Waals surface area contributed by atoms with Gasteiger partial charge in [0.2, 0.25) is 0 Å². The molecule has 5 nitrogen and oxygen atoms in total. The number of aliphatic hydroxyl groups is 1. The monoisotopic (exact) mass is 375 g/mol. The van der Waals surface area contributed by atoms with Gasteiger partial charge in [0.15, 0.2) is 0 Å². The number of amides is 1. The van der Waals surface area contributed by atoms with E-state index in [-0.39, 0.29) is 10.7 Å². The molecule has 1 amide bonds. The molecule has 2 rings (SSSR count). The summed E-state index contributed by atoms with van der Waals surface area (Å²) in [6, 6.07) is 7.68. The number of nitriles is 1. The number of halogens is 4. The molecule has 1 aliphatic heterocycles. The first-order valence-corrected chi connectivity index (χ1v) is 6.81. The minimum Gasteiger partial charge on any atom is -0.362 e. The van der Waals surface area contributed by atoms with Crippen molar-refractivity contribution in [2.45, 2.75) is 24.7 Å². The van der Waals surface area contributed by atoms with E-state index in [1.54, 1.807) is 12.1 Å². The Hall–Kier alpha value is -1.92. The lowest BCUT2D eigenvalue weighted by Crippen LogP contribution is -2.56. The number of carbonyl (C=O) groups excluding carboxylic acids is 1. The SMILES string of the molecule is N#CCC(=O)N1N=C(c2ccc(Br)cc2)C[C@]1(O)C(F)(F)F. The fraction of sp³-hybridized carbons (Fsp3) is 0.308. The van der Waals surface area contributed by atoms with Gasteiger partial charge >= 0.3 is 6.18 Å². The zero-order valence-electron chi connectivity index (χ0n) is 10.9. The minimum absolute atomic E-state index is 0.0480. The van der Waals surface area contributed by atoms with Crippen molar-refractivity contribution in [2.24, 2.45) is 5.10 Å². The van der Waals surface area contributed by atoms with E-state index in [2.05, 4.69) is 21.0 Å². The van der Waals surface area contributed by atoms with E-state index in [0.29, 0.717) is 5.56 Å². The fourth-order valence-electron chi connectivity index (χ4n) is 1.97. The van der Waals surface area contributed by atoms with Crippen molar-refractivity contribution in [3.8, 4) is 6.07 Å². The number of hydrazone groups is 1. The van der Waals surface area contributed by atoms with Crippen LogP contribution in [0.25, 0.3) is 0 Å². The lowest BCUT2D eigenvalue weighted by molar-refractivity contribution is -0.302. The van der Waals surface area contributed by atoms with Gasteiger partial charge in [-0.15, -0.1) is 0 Å². The van der Waals surface area contributed by atoms with Gasteiger partial charge in [-0.3, -0.25) is 4.79 Å². The average Bonchev–Trinajstić information content (AvgIpc) is 2.79. The summed E-state index contributed by atoms with van der Waals surface area (Å²) in [6.07, 6.45) is -6.80. The third-order valence-corrected chi connectivity index (χ3v) is 3.61. The summed E-state index contributed by atoms with van der Waals surface area (Å²) < 4.78 is 40.1. The van der Waals surface area contributed by atoms with E-state index >= 15 is 0 Å². The van der Waals surface area contributed by atoms with Crippen molar-refractivity contribution >= 4 is 27.5 Å². The van der Waals surface area contributed by atoms with Gasteiger partial charge in [0.1, 0.15) is 6.42 Å². The van der Waals surface area contributed by atoms with Crippen LogP contribution in [0.1, 0.15) is 18.4 Å². The number of rotatable bonds is 2. The summed E-state index contributed by atoms with van der Waals surface area (Å²) in [5.74, 6) is -1.21. The Morgan fingerprint density at radius 1 is 1.45 bits per heavy atom. The molecule has 0 fully saturated rings. The molecule has 1 heterocycles. The van der Waals surface area contributed by atoms with E-state index in [1.807, 2.05) is 0 Å². The van der Waals surface area contributed by atoms with Crippen molar-refractivity contribution in [2.75, 3.05) is 0 Å². The second-order valence-electron chi connectivity index (χ2n) is 4.59. The number of alkyl halides is 3. The molecule has 1 aromatic carbocycles. The Morgan fingerprint density at radius 3 is 2.55 bits per heavy atom. The molecule has 0 saturated carbocycles. The molecule has 0 radical (unpaired) electrons. The molecule has 1 aromatic rings. The largest absolute Gasteiger partial charge is 0.438 e. The molecule has 22 heavy (non-hydrogen) atoms. The van der Waals surface area contributed by atoms with Gasteiger partial charge in [-0.25, -0.2) is 0 Å². The predicted octanol–water partition coefficient (Wildman–Crippen LogP) is 2.55. The second-order valence-corrected chi connectivity index (χ2v) is 5.50. The van der Waals surface area contributed by atoms with E-state index in [0.717, 1.165) is 4.47 Å². The molecule has 0 aliphatic carbocycles. The summed E-state index contributed by atoms with van der Waals surface area (Å²) in [4.78, 5) is 11.7. The molecule has 1 aliphatic rings. The van der Waals surface area contributed by atoms with Gasteiger partial charge in [-0.2, -0.15) is 28.5 Å². The predicted molar refractivity (Wildman–Crippen MR) is 73.4 cm³/mol. The number of carbonyl (C=O) groups is 1. The van der Waals surface area contributed by atoms with Crippen molar-refractivity contribution in [3.63, 3.8) is 0 Å². The molecule has 0 bridgehead atoms. The van der Waals surface area contributed by atoms with Crippen molar-refractivity contribution in [1.29, 1.82) is 5.26 Å². The Morgan fingerprint density at radius 2 is 2.05 bits per heavy atom. The Bertz CT molecular complexity index is 667. The number of hydrogen-bond acceptors (Lipinski definition) is 4. The number of benzene rings is 1. The van der Waals surface area contributed by atoms with Crippen LogP contribution in [0.5, 0.6) is 0 Å². The standard InChI is InChI=1S/C13H9BrF3N3O2/c14-9-3-1-8(2-4-9)10-7-12(22,13(15,16)17)20(19-10)11(21)5-6-18/h1-4,22H,5,7H2/t12-/m0/s1. The molecular formula is C13H9BrF3N3O2. The van der Waals surface area contributed by atoms with E-state index in [4.69, 9.17) is 5.26 Å². The maximum Gasteiger partial charge on any atom is 0.438 e. The van der Waals surface area contributed by atoms with Gasteiger partial charge in [0.05, 0.1) is 18.2 Å². The lowest BCUT2D eigenvalue weighted by Gasteiger charge is -2.32. The van der Waals surface area contributed by atoms with E-state index in [9.17, 15) is 23.1 Å². The van der Waals surface area contributed by atoms with Crippen LogP contribution in [0.2, 0.25) is 0 Å². The Labute approximate surface area is 131 Å². The summed E-state index contributed by atoms with van der Waals surface area (Å²) >= 11 is 3.19. The topological polar surface area (TPSA) is 76.7 Å². The molecule has 0 spiro atoms. The Kier molecular flexibility index (Phi) is 4.26. The smallest absolute Gasteiger partial charge is 0.362 e. The lowest BCUT2D eigenvalue weighted by atomic mass is 10.0. The number of hydrogen-bond donors (Lipinski definition) is 1. The van der Waals surface area contributed by atoms with Crippen LogP contribution in [0, 0.1) is 11.3 Å². The van der Waals surface area contributed by atoms with Gasteiger partial charge in [-0.1, -0.05) is 28.1 Å². The summed E-state index contributed by atoms with van der Waals surface area (Å²) in [6.45, 7) is 0. The molecule has 9 heteroatoms. The van der Waals surface area contributed by atoms with E-state index in [1.165, 1.54) is 18.2 Å². The zero-order chi connectivity index (χ0) is 16.5. The quantitative estimate of drug-likeness (QED) is 0.862. The maximum atomic E-state index is 13.1. The third kappa shape index (κ3) is 2.84. The highest BCUT2D eigenvalue weighted by molar-refractivity contribution is 9.10. The fourth-order valence-corrected chi connectivity index (χ4v) is 2.24. The Balaban J connectivity index is 2.43. The van der Waals surface area contributed by atoms with Crippen LogP contribution in [0.3, 0.4) is 0 Å². The summed E-state index contributed by atoms with van der Waals surface area (Å²) in [7, 11) is 0. The third-order valence-electron chi connectivity index (χ3n) is 3.08. The van der Waals surface area contributed by atoms with Crippen LogP contribution in [-0.2, 0) is 4.79 Å². The number of nitrogens with zero attached hydrogens (tertiary/aromatic N) is 3. The first kappa shape index (κ1) is 16.5. The van der Waals surface area contributed by atoms with Crippen molar-refractivity contribution < 1.29 is 23.1 Å². The van der Waals surface area contributed by atoms with Crippen LogP contribution in [0.15, 0.2) is 33.8 Å². The molecule has 116 valence electrons. The van der Waals surface area contributed by atoms with Crippen LogP contribution < -0.4 is 0 Å². The second kappa shape index (κ2) is 5.70.